The quantitative estimate of drug-likeness (QED) is 0.224. The lowest BCUT2D eigenvalue weighted by Crippen LogP contribution is -2.40. The molecule has 9 nitrogen and oxygen atoms in total. The lowest BCUT2D eigenvalue weighted by molar-refractivity contribution is -0.143. The number of para-hydroxylation sites is 1. The number of aromatic nitrogens is 2. The molecule has 0 saturated carbocycles. The maximum Gasteiger partial charge on any atom is 0.338 e. The first-order chi connectivity index (χ1) is 20.8. The second kappa shape index (κ2) is 13.1. The number of allylic oxidation sites excluding steroid dienone is 1. The van der Waals surface area contributed by atoms with Crippen LogP contribution in [-0.2, 0) is 25.6 Å². The van der Waals surface area contributed by atoms with Gasteiger partial charge in [-0.05, 0) is 66.0 Å². The fourth-order valence-corrected chi connectivity index (χ4v) is 6.87. The van der Waals surface area contributed by atoms with E-state index in [0.29, 0.717) is 43.9 Å². The van der Waals surface area contributed by atoms with Gasteiger partial charge in [0.1, 0.15) is 12.3 Å². The zero-order valence-electron chi connectivity index (χ0n) is 24.4. The highest BCUT2D eigenvalue weighted by molar-refractivity contribution is 9.10. The van der Waals surface area contributed by atoms with E-state index in [1.54, 1.807) is 31.6 Å². The smallest absolute Gasteiger partial charge is 0.338 e. The number of carbonyl (C=O) groups excluding carboxylic acids is 2. The predicted octanol–water partition coefficient (Wildman–Crippen LogP) is 4.87. The Labute approximate surface area is 260 Å². The minimum Gasteiger partial charge on any atom is -0.496 e. The van der Waals surface area contributed by atoms with Crippen molar-refractivity contribution >= 4 is 56.2 Å². The Bertz CT molecular complexity index is 1920. The molecular formula is C32H32BrN3O6S. The third-order valence-electron chi connectivity index (χ3n) is 7.09. The molecule has 0 spiro atoms. The van der Waals surface area contributed by atoms with Gasteiger partial charge < -0.3 is 18.8 Å². The summed E-state index contributed by atoms with van der Waals surface area (Å²) in [5.74, 6) is -0.205. The number of hydrogen-bond acceptors (Lipinski definition) is 8. The van der Waals surface area contributed by atoms with Crippen molar-refractivity contribution in [1.82, 2.24) is 9.13 Å². The van der Waals surface area contributed by atoms with Crippen LogP contribution in [0.25, 0.3) is 17.0 Å². The van der Waals surface area contributed by atoms with Crippen LogP contribution in [0.4, 0.5) is 0 Å². The number of esters is 2. The second-order valence-electron chi connectivity index (χ2n) is 9.84. The van der Waals surface area contributed by atoms with Crippen molar-refractivity contribution in [3.05, 3.63) is 95.2 Å². The predicted molar refractivity (Wildman–Crippen MR) is 169 cm³/mol. The molecule has 1 atom stereocenters. The topological polar surface area (TPSA) is 101 Å². The van der Waals surface area contributed by atoms with Crippen molar-refractivity contribution in [3.63, 3.8) is 0 Å². The number of rotatable bonds is 10. The molecule has 0 amide bonds. The van der Waals surface area contributed by atoms with Crippen molar-refractivity contribution in [2.24, 2.45) is 4.99 Å². The van der Waals surface area contributed by atoms with Gasteiger partial charge in [-0.2, -0.15) is 0 Å². The van der Waals surface area contributed by atoms with Crippen molar-refractivity contribution in [2.45, 2.75) is 46.2 Å². The fraction of sp³-hybridized carbons (Fsp3) is 0.312. The molecule has 2 aromatic heterocycles. The first-order valence-corrected chi connectivity index (χ1v) is 15.7. The minimum absolute atomic E-state index is 0.0546. The number of hydrogen-bond donors (Lipinski definition) is 0. The number of nitrogens with zero attached hydrogens (tertiary/aromatic N) is 3. The van der Waals surface area contributed by atoms with Crippen LogP contribution in [0.1, 0.15) is 50.8 Å². The lowest BCUT2D eigenvalue weighted by atomic mass is 9.94. The van der Waals surface area contributed by atoms with Gasteiger partial charge in [-0.15, -0.1) is 0 Å². The van der Waals surface area contributed by atoms with E-state index < -0.39 is 12.0 Å². The molecule has 0 fully saturated rings. The second-order valence-corrected chi connectivity index (χ2v) is 11.7. The normalized spacial score (nSPS) is 14.9. The first kappa shape index (κ1) is 30.5. The van der Waals surface area contributed by atoms with Gasteiger partial charge in [0, 0.05) is 22.7 Å². The molecule has 43 heavy (non-hydrogen) atoms. The molecule has 0 radical (unpaired) electrons. The third-order valence-corrected chi connectivity index (χ3v) is 8.70. The van der Waals surface area contributed by atoms with Gasteiger partial charge in [0.25, 0.3) is 5.56 Å². The first-order valence-electron chi connectivity index (χ1n) is 14.1. The van der Waals surface area contributed by atoms with E-state index in [-0.39, 0.29) is 24.7 Å². The highest BCUT2D eigenvalue weighted by atomic mass is 79.9. The molecule has 1 aliphatic rings. The number of methoxy groups -OCH3 is 1. The van der Waals surface area contributed by atoms with Gasteiger partial charge in [0.15, 0.2) is 4.80 Å². The van der Waals surface area contributed by atoms with Crippen molar-refractivity contribution in [3.8, 4) is 5.75 Å². The van der Waals surface area contributed by atoms with Gasteiger partial charge in [0.2, 0.25) is 0 Å². The number of fused-ring (bicyclic) bond motifs is 2. The lowest BCUT2D eigenvalue weighted by Gasteiger charge is -2.26. The number of ether oxygens (including phenoxy) is 3. The van der Waals surface area contributed by atoms with E-state index in [1.807, 2.05) is 60.2 Å². The number of thiazole rings is 1. The van der Waals surface area contributed by atoms with Gasteiger partial charge >= 0.3 is 11.9 Å². The van der Waals surface area contributed by atoms with Gasteiger partial charge in [-0.25, -0.2) is 9.79 Å². The zero-order chi connectivity index (χ0) is 30.7. The van der Waals surface area contributed by atoms with E-state index in [1.165, 1.54) is 11.3 Å². The third kappa shape index (κ3) is 5.96. The number of halogens is 1. The maximum absolute atomic E-state index is 14.2. The summed E-state index contributed by atoms with van der Waals surface area (Å²) in [6, 6.07) is 12.5. The molecule has 2 aromatic carbocycles. The van der Waals surface area contributed by atoms with Crippen LogP contribution in [0.15, 0.2) is 74.2 Å². The molecule has 11 heteroatoms. The molecule has 0 N–H and O–H groups in total. The average molecular weight is 667 g/mol. The largest absolute Gasteiger partial charge is 0.496 e. The Hall–Kier alpha value is -3.96. The van der Waals surface area contributed by atoms with Crippen LogP contribution in [0.2, 0.25) is 0 Å². The monoisotopic (exact) mass is 665 g/mol. The van der Waals surface area contributed by atoms with Crippen molar-refractivity contribution in [2.75, 3.05) is 20.3 Å². The molecule has 1 aliphatic heterocycles. The summed E-state index contributed by atoms with van der Waals surface area (Å²) < 4.78 is 20.6. The molecule has 0 unspecified atom stereocenters. The molecule has 0 bridgehead atoms. The maximum atomic E-state index is 14.2. The SMILES string of the molecule is CCCC1=C(C(=O)OCC)[C@H](c2ccc(OC)c(Br)c2)n2c(s/c(=C\c3cn(CC(=O)OCC)c4ccccc34)c2=O)=N1. The van der Waals surface area contributed by atoms with E-state index >= 15 is 0 Å². The van der Waals surface area contributed by atoms with Gasteiger partial charge in [-0.3, -0.25) is 14.2 Å². The van der Waals surface area contributed by atoms with Gasteiger partial charge in [-0.1, -0.05) is 48.9 Å². The zero-order valence-corrected chi connectivity index (χ0v) is 26.8. The minimum atomic E-state index is -0.744. The molecule has 0 aliphatic carbocycles. The average Bonchev–Trinajstić information content (AvgIpc) is 3.49. The van der Waals surface area contributed by atoms with Crippen LogP contribution < -0.4 is 19.6 Å². The fourth-order valence-electron chi connectivity index (χ4n) is 5.30. The summed E-state index contributed by atoms with van der Waals surface area (Å²) in [5, 5.41) is 0.896. The van der Waals surface area contributed by atoms with Crippen LogP contribution in [0.3, 0.4) is 0 Å². The Balaban J connectivity index is 1.73. The Morgan fingerprint density at radius 2 is 1.86 bits per heavy atom. The molecule has 3 heterocycles. The van der Waals surface area contributed by atoms with E-state index in [0.717, 1.165) is 28.5 Å². The summed E-state index contributed by atoms with van der Waals surface area (Å²) >= 11 is 4.83. The van der Waals surface area contributed by atoms with Crippen molar-refractivity contribution < 1.29 is 23.8 Å². The van der Waals surface area contributed by atoms with E-state index in [9.17, 15) is 14.4 Å². The van der Waals surface area contributed by atoms with E-state index in [4.69, 9.17) is 19.2 Å². The molecule has 4 aromatic rings. The molecule has 5 rings (SSSR count). The standard InChI is InChI=1S/C32H32BrN3O6S/c1-5-10-23-28(31(39)42-7-3)29(19-13-14-25(40-4)22(33)15-19)36-30(38)26(43-32(36)34-23)16-20-17-35(18-27(37)41-6-2)24-12-9-8-11-21(20)24/h8-9,11-17,29H,5-7,10,18H2,1-4H3/b26-16-/t29-/m0/s1. The Morgan fingerprint density at radius 3 is 2.56 bits per heavy atom. The van der Waals surface area contributed by atoms with E-state index in [2.05, 4.69) is 15.9 Å². The van der Waals surface area contributed by atoms with Crippen LogP contribution in [0.5, 0.6) is 5.75 Å². The summed E-state index contributed by atoms with van der Waals surface area (Å²) in [7, 11) is 1.58. The Morgan fingerprint density at radius 1 is 1.09 bits per heavy atom. The Kier molecular flexibility index (Phi) is 9.31. The van der Waals surface area contributed by atoms with Gasteiger partial charge in [0.05, 0.1) is 46.6 Å². The number of carbonyl (C=O) groups is 2. The highest BCUT2D eigenvalue weighted by Crippen LogP contribution is 2.36. The van der Waals surface area contributed by atoms with Crippen LogP contribution in [-0.4, -0.2) is 41.4 Å². The molecule has 224 valence electrons. The summed E-state index contributed by atoms with van der Waals surface area (Å²) in [5.41, 5.74) is 3.04. The summed E-state index contributed by atoms with van der Waals surface area (Å²) in [4.78, 5) is 45.3. The number of benzene rings is 2. The highest BCUT2D eigenvalue weighted by Gasteiger charge is 2.34. The van der Waals surface area contributed by atoms with Crippen LogP contribution in [0, 0.1) is 0 Å². The molecule has 0 saturated heterocycles. The summed E-state index contributed by atoms with van der Waals surface area (Å²) in [6.07, 6.45) is 4.98. The van der Waals surface area contributed by atoms with Crippen LogP contribution >= 0.6 is 27.3 Å². The summed E-state index contributed by atoms with van der Waals surface area (Å²) in [6.45, 7) is 6.09. The van der Waals surface area contributed by atoms with Crippen molar-refractivity contribution in [1.29, 1.82) is 0 Å². The molecular weight excluding hydrogens is 634 g/mol.